The molecule has 0 radical (unpaired) electrons. The number of amides is 1. The highest BCUT2D eigenvalue weighted by Crippen LogP contribution is 2.25. The molecule has 0 aliphatic heterocycles. The topological polar surface area (TPSA) is 82.1 Å². The van der Waals surface area contributed by atoms with Crippen LogP contribution in [0.1, 0.15) is 36.2 Å². The number of nitrogens with zero attached hydrogens (tertiary/aromatic N) is 1. The van der Waals surface area contributed by atoms with Crippen LogP contribution in [-0.2, 0) is 16.7 Å². The third kappa shape index (κ3) is 6.39. The Bertz CT molecular complexity index is 918. The van der Waals surface area contributed by atoms with Gasteiger partial charge in [-0.15, -0.1) is 0 Å². The van der Waals surface area contributed by atoms with E-state index in [9.17, 15) is 13.2 Å². The fourth-order valence-corrected chi connectivity index (χ4v) is 3.23. The average Bonchev–Trinajstić information content (AvgIpc) is 2.70. The van der Waals surface area contributed by atoms with Gasteiger partial charge in [0.05, 0.1) is 20.5 Å². The zero-order chi connectivity index (χ0) is 21.6. The Labute approximate surface area is 172 Å². The van der Waals surface area contributed by atoms with Crippen LogP contribution in [0.4, 0.5) is 0 Å². The normalized spacial score (nSPS) is 12.2. The van der Waals surface area contributed by atoms with Gasteiger partial charge in [0.15, 0.2) is 0 Å². The zero-order valence-corrected chi connectivity index (χ0v) is 18.2. The fraction of sp³-hybridized carbons (Fsp3) is 0.381. The standard InChI is InChI=1S/C21H27NO6S/c1-6-15(2)22(14-16-7-9-18(10-8-16)28-29(5,24)25)21(23)17-11-19(26-3)13-20(12-17)27-4/h7-13,15H,6,14H2,1-5H3. The molecule has 1 amide bonds. The molecule has 29 heavy (non-hydrogen) atoms. The molecule has 2 rings (SSSR count). The summed E-state index contributed by atoms with van der Waals surface area (Å²) in [5.41, 5.74) is 1.33. The molecule has 8 heteroatoms. The van der Waals surface area contributed by atoms with Gasteiger partial charge in [0.2, 0.25) is 0 Å². The summed E-state index contributed by atoms with van der Waals surface area (Å²) in [6, 6.07) is 11.7. The van der Waals surface area contributed by atoms with Gasteiger partial charge in [0, 0.05) is 24.2 Å². The van der Waals surface area contributed by atoms with Crippen LogP contribution in [0.3, 0.4) is 0 Å². The van der Waals surface area contributed by atoms with Crippen LogP contribution in [0, 0.1) is 0 Å². The zero-order valence-electron chi connectivity index (χ0n) is 17.3. The van der Waals surface area contributed by atoms with Crippen LogP contribution in [0.25, 0.3) is 0 Å². The quantitative estimate of drug-likeness (QED) is 0.577. The first-order chi connectivity index (χ1) is 13.7. The predicted molar refractivity (Wildman–Crippen MR) is 111 cm³/mol. The van der Waals surface area contributed by atoms with E-state index in [4.69, 9.17) is 13.7 Å². The van der Waals surface area contributed by atoms with Gasteiger partial charge in [-0.25, -0.2) is 0 Å². The summed E-state index contributed by atoms with van der Waals surface area (Å²) in [5.74, 6) is 1.17. The van der Waals surface area contributed by atoms with Crippen molar-refractivity contribution in [3.63, 3.8) is 0 Å². The van der Waals surface area contributed by atoms with Crippen LogP contribution in [0.2, 0.25) is 0 Å². The molecule has 7 nitrogen and oxygen atoms in total. The Hall–Kier alpha value is -2.74. The fourth-order valence-electron chi connectivity index (χ4n) is 2.77. The van der Waals surface area contributed by atoms with Crippen molar-refractivity contribution in [2.75, 3.05) is 20.5 Å². The Morgan fingerprint density at radius 1 is 1.00 bits per heavy atom. The Kier molecular flexibility index (Phi) is 7.50. The number of hydrogen-bond donors (Lipinski definition) is 0. The molecular formula is C21H27NO6S. The molecule has 0 spiro atoms. The molecule has 0 fully saturated rings. The number of carbonyl (C=O) groups is 1. The van der Waals surface area contributed by atoms with Crippen LogP contribution in [-0.4, -0.2) is 45.7 Å². The SMILES string of the molecule is CCC(C)N(Cc1ccc(OS(C)(=O)=O)cc1)C(=O)c1cc(OC)cc(OC)c1. The minimum atomic E-state index is -3.58. The molecule has 0 aliphatic carbocycles. The number of methoxy groups -OCH3 is 2. The Morgan fingerprint density at radius 2 is 1.55 bits per heavy atom. The van der Waals surface area contributed by atoms with Gasteiger partial charge in [-0.3, -0.25) is 4.79 Å². The average molecular weight is 422 g/mol. The highest BCUT2D eigenvalue weighted by molar-refractivity contribution is 7.86. The summed E-state index contributed by atoms with van der Waals surface area (Å²) in [7, 11) is -0.507. The second kappa shape index (κ2) is 9.65. The van der Waals surface area contributed by atoms with Crippen molar-refractivity contribution in [2.24, 2.45) is 0 Å². The van der Waals surface area contributed by atoms with Crippen LogP contribution < -0.4 is 13.7 Å². The lowest BCUT2D eigenvalue weighted by atomic mass is 10.1. The maximum Gasteiger partial charge on any atom is 0.306 e. The van der Waals surface area contributed by atoms with Crippen molar-refractivity contribution < 1.29 is 26.9 Å². The van der Waals surface area contributed by atoms with Crippen molar-refractivity contribution in [3.05, 3.63) is 53.6 Å². The number of rotatable bonds is 9. The van der Waals surface area contributed by atoms with Gasteiger partial charge in [0.1, 0.15) is 17.2 Å². The van der Waals surface area contributed by atoms with Crippen LogP contribution >= 0.6 is 0 Å². The predicted octanol–water partition coefficient (Wildman–Crippen LogP) is 3.48. The van der Waals surface area contributed by atoms with E-state index in [-0.39, 0.29) is 17.7 Å². The lowest BCUT2D eigenvalue weighted by Gasteiger charge is -2.29. The van der Waals surface area contributed by atoms with Gasteiger partial charge < -0.3 is 18.6 Å². The second-order valence-corrected chi connectivity index (χ2v) is 8.30. The minimum absolute atomic E-state index is 0.00774. The van der Waals surface area contributed by atoms with Crippen molar-refractivity contribution in [3.8, 4) is 17.2 Å². The van der Waals surface area contributed by atoms with Gasteiger partial charge >= 0.3 is 10.1 Å². The lowest BCUT2D eigenvalue weighted by Crippen LogP contribution is -2.37. The molecule has 1 atom stereocenters. The highest BCUT2D eigenvalue weighted by Gasteiger charge is 2.22. The summed E-state index contributed by atoms with van der Waals surface area (Å²) in [6.07, 6.45) is 1.77. The van der Waals surface area contributed by atoms with E-state index in [1.54, 1.807) is 47.4 Å². The molecule has 0 N–H and O–H groups in total. The molecule has 0 bridgehead atoms. The molecule has 1 unspecified atom stereocenters. The van der Waals surface area contributed by atoms with Crippen LogP contribution in [0.15, 0.2) is 42.5 Å². The summed E-state index contributed by atoms with van der Waals surface area (Å²) in [4.78, 5) is 15.0. The number of ether oxygens (including phenoxy) is 2. The lowest BCUT2D eigenvalue weighted by molar-refractivity contribution is 0.0671. The molecule has 0 aromatic heterocycles. The van der Waals surface area contributed by atoms with E-state index in [0.717, 1.165) is 18.2 Å². The smallest absolute Gasteiger partial charge is 0.306 e. The molecule has 2 aromatic carbocycles. The van der Waals surface area contributed by atoms with E-state index < -0.39 is 10.1 Å². The van der Waals surface area contributed by atoms with E-state index in [2.05, 4.69) is 0 Å². The largest absolute Gasteiger partial charge is 0.497 e. The number of carbonyl (C=O) groups excluding carboxylic acids is 1. The second-order valence-electron chi connectivity index (χ2n) is 6.72. The number of benzene rings is 2. The van der Waals surface area contributed by atoms with Gasteiger partial charge in [-0.05, 0) is 43.2 Å². The Morgan fingerprint density at radius 3 is 2.00 bits per heavy atom. The minimum Gasteiger partial charge on any atom is -0.497 e. The maximum absolute atomic E-state index is 13.3. The summed E-state index contributed by atoms with van der Waals surface area (Å²) in [6.45, 7) is 4.36. The van der Waals surface area contributed by atoms with Crippen molar-refractivity contribution in [1.82, 2.24) is 4.90 Å². The van der Waals surface area contributed by atoms with Crippen molar-refractivity contribution >= 4 is 16.0 Å². The summed E-state index contributed by atoms with van der Waals surface area (Å²) < 4.78 is 37.9. The first-order valence-corrected chi connectivity index (χ1v) is 11.0. The van der Waals surface area contributed by atoms with E-state index >= 15 is 0 Å². The molecule has 0 heterocycles. The highest BCUT2D eigenvalue weighted by atomic mass is 32.2. The molecule has 158 valence electrons. The molecule has 0 saturated carbocycles. The monoisotopic (exact) mass is 421 g/mol. The maximum atomic E-state index is 13.3. The van der Waals surface area contributed by atoms with Gasteiger partial charge in [-0.2, -0.15) is 8.42 Å². The van der Waals surface area contributed by atoms with E-state index in [1.165, 1.54) is 14.2 Å². The summed E-state index contributed by atoms with van der Waals surface area (Å²) >= 11 is 0. The van der Waals surface area contributed by atoms with Crippen LogP contribution in [0.5, 0.6) is 17.2 Å². The molecular weight excluding hydrogens is 394 g/mol. The molecule has 2 aromatic rings. The third-order valence-electron chi connectivity index (χ3n) is 4.51. The van der Waals surface area contributed by atoms with Gasteiger partial charge in [0.25, 0.3) is 5.91 Å². The van der Waals surface area contributed by atoms with E-state index in [0.29, 0.717) is 23.6 Å². The van der Waals surface area contributed by atoms with Crippen molar-refractivity contribution in [1.29, 1.82) is 0 Å². The molecule has 0 saturated heterocycles. The van der Waals surface area contributed by atoms with Gasteiger partial charge in [-0.1, -0.05) is 19.1 Å². The number of hydrogen-bond acceptors (Lipinski definition) is 6. The molecule has 0 aliphatic rings. The Balaban J connectivity index is 2.29. The van der Waals surface area contributed by atoms with Crippen molar-refractivity contribution in [2.45, 2.75) is 32.9 Å². The summed E-state index contributed by atoms with van der Waals surface area (Å²) in [5, 5.41) is 0. The third-order valence-corrected chi connectivity index (χ3v) is 5.00. The first-order valence-electron chi connectivity index (χ1n) is 9.19. The first kappa shape index (κ1) is 22.5. The van der Waals surface area contributed by atoms with E-state index in [1.807, 2.05) is 13.8 Å².